The molecule has 4 rings (SSSR count). The highest BCUT2D eigenvalue weighted by molar-refractivity contribution is 7.73. The van der Waals surface area contributed by atoms with Crippen LogP contribution >= 0.6 is 7.14 Å². The Morgan fingerprint density at radius 2 is 1.18 bits per heavy atom. The lowest BCUT2D eigenvalue weighted by Gasteiger charge is -2.39. The van der Waals surface area contributed by atoms with Crippen molar-refractivity contribution in [2.24, 2.45) is 0 Å². The predicted molar refractivity (Wildman–Crippen MR) is 122 cm³/mol. The van der Waals surface area contributed by atoms with Gasteiger partial charge in [-0.25, -0.2) is 0 Å². The number of hydrogen-bond donors (Lipinski definition) is 0. The molecule has 0 unspecified atom stereocenters. The van der Waals surface area contributed by atoms with Crippen molar-refractivity contribution in [3.05, 3.63) is 53.6 Å². The average Bonchev–Trinajstić information content (AvgIpc) is 2.75. The van der Waals surface area contributed by atoms with Crippen molar-refractivity contribution in [2.45, 2.75) is 89.4 Å². The number of rotatable bonds is 4. The lowest BCUT2D eigenvalue weighted by atomic mass is 9.96. The standard InChI is InChI=1S/C26H35OP/c1-20-12-11-13-21(2)26(20)24-18-9-10-19-25(24)28(27,22-14-5-3-6-15-22)23-16-7-4-8-17-23/h9-13,18-19,22-23H,3-8,14-17H2,1-2H3. The molecule has 0 N–H and O–H groups in total. The van der Waals surface area contributed by atoms with E-state index in [4.69, 9.17) is 0 Å². The van der Waals surface area contributed by atoms with Crippen LogP contribution in [0, 0.1) is 13.8 Å². The second-order valence-corrected chi connectivity index (χ2v) is 12.4. The summed E-state index contributed by atoms with van der Waals surface area (Å²) >= 11 is 0. The topological polar surface area (TPSA) is 17.1 Å². The van der Waals surface area contributed by atoms with Crippen LogP contribution in [0.15, 0.2) is 42.5 Å². The summed E-state index contributed by atoms with van der Waals surface area (Å²) in [5, 5.41) is 1.20. The van der Waals surface area contributed by atoms with Gasteiger partial charge in [-0.15, -0.1) is 0 Å². The highest BCUT2D eigenvalue weighted by Gasteiger charge is 2.43. The molecule has 0 amide bonds. The summed E-state index contributed by atoms with van der Waals surface area (Å²) in [5.74, 6) is 0. The third kappa shape index (κ3) is 3.63. The van der Waals surface area contributed by atoms with Crippen LogP contribution in [-0.4, -0.2) is 11.3 Å². The van der Waals surface area contributed by atoms with Gasteiger partial charge < -0.3 is 4.57 Å². The highest BCUT2D eigenvalue weighted by Crippen LogP contribution is 2.63. The van der Waals surface area contributed by atoms with E-state index in [2.05, 4.69) is 56.3 Å². The Labute approximate surface area is 171 Å². The molecule has 1 nitrogen and oxygen atoms in total. The maximum Gasteiger partial charge on any atom is 0.122 e. The number of hydrogen-bond acceptors (Lipinski definition) is 1. The minimum Gasteiger partial charge on any atom is -0.318 e. The smallest absolute Gasteiger partial charge is 0.122 e. The van der Waals surface area contributed by atoms with Crippen molar-refractivity contribution in [2.75, 3.05) is 0 Å². The minimum atomic E-state index is -2.47. The number of aryl methyl sites for hydroxylation is 2. The molecule has 2 saturated carbocycles. The molecule has 0 saturated heterocycles. The molecule has 150 valence electrons. The Morgan fingerprint density at radius 3 is 1.71 bits per heavy atom. The van der Waals surface area contributed by atoms with Crippen molar-refractivity contribution in [1.82, 2.24) is 0 Å². The monoisotopic (exact) mass is 394 g/mol. The van der Waals surface area contributed by atoms with Crippen LogP contribution in [0.4, 0.5) is 0 Å². The van der Waals surface area contributed by atoms with E-state index in [9.17, 15) is 0 Å². The van der Waals surface area contributed by atoms with Gasteiger partial charge in [0.15, 0.2) is 0 Å². The van der Waals surface area contributed by atoms with Gasteiger partial charge in [0, 0.05) is 16.6 Å². The van der Waals surface area contributed by atoms with Gasteiger partial charge in [-0.05, 0) is 61.8 Å². The van der Waals surface area contributed by atoms with Gasteiger partial charge >= 0.3 is 0 Å². The molecule has 2 aromatic rings. The van der Waals surface area contributed by atoms with Crippen molar-refractivity contribution in [3.8, 4) is 11.1 Å². The van der Waals surface area contributed by atoms with E-state index in [0.29, 0.717) is 11.3 Å². The van der Waals surface area contributed by atoms with Crippen LogP contribution < -0.4 is 5.30 Å². The molecule has 0 heterocycles. The van der Waals surface area contributed by atoms with Crippen molar-refractivity contribution in [3.63, 3.8) is 0 Å². The molecule has 28 heavy (non-hydrogen) atoms. The van der Waals surface area contributed by atoms with E-state index in [1.807, 2.05) is 0 Å². The fourth-order valence-electron chi connectivity index (χ4n) is 5.85. The lowest BCUT2D eigenvalue weighted by Crippen LogP contribution is -2.30. The van der Waals surface area contributed by atoms with Gasteiger partial charge in [-0.3, -0.25) is 0 Å². The van der Waals surface area contributed by atoms with E-state index in [1.165, 1.54) is 66.1 Å². The molecule has 2 fully saturated rings. The number of benzene rings is 2. The molecular formula is C26H35OP. The van der Waals surface area contributed by atoms with E-state index in [0.717, 1.165) is 25.7 Å². The third-order valence-electron chi connectivity index (χ3n) is 7.27. The Morgan fingerprint density at radius 1 is 0.679 bits per heavy atom. The van der Waals surface area contributed by atoms with Crippen LogP contribution in [-0.2, 0) is 4.57 Å². The van der Waals surface area contributed by atoms with Gasteiger partial charge in [-0.2, -0.15) is 0 Å². The summed E-state index contributed by atoms with van der Waals surface area (Å²) < 4.78 is 15.1. The summed E-state index contributed by atoms with van der Waals surface area (Å²) in [6.07, 6.45) is 12.3. The van der Waals surface area contributed by atoms with Gasteiger partial charge in [0.1, 0.15) is 7.14 Å². The Kier molecular flexibility index (Phi) is 6.12. The van der Waals surface area contributed by atoms with E-state index >= 15 is 4.57 Å². The summed E-state index contributed by atoms with van der Waals surface area (Å²) in [5.41, 5.74) is 5.95. The molecule has 0 bridgehead atoms. The van der Waals surface area contributed by atoms with Crippen LogP contribution in [0.25, 0.3) is 11.1 Å². The van der Waals surface area contributed by atoms with Crippen LogP contribution in [0.5, 0.6) is 0 Å². The quantitative estimate of drug-likeness (QED) is 0.487. The summed E-state index contributed by atoms with van der Waals surface area (Å²) in [6.45, 7) is 4.40. The summed E-state index contributed by atoms with van der Waals surface area (Å²) in [4.78, 5) is 0. The molecule has 0 radical (unpaired) electrons. The maximum absolute atomic E-state index is 15.1. The molecule has 2 aromatic carbocycles. The zero-order chi connectivity index (χ0) is 19.6. The normalized spacial score (nSPS) is 19.6. The fraction of sp³-hybridized carbons (Fsp3) is 0.538. The van der Waals surface area contributed by atoms with Crippen LogP contribution in [0.1, 0.15) is 75.3 Å². The molecule has 2 aliphatic rings. The van der Waals surface area contributed by atoms with Crippen molar-refractivity contribution >= 4 is 12.4 Å². The molecule has 0 aliphatic heterocycles. The molecule has 0 atom stereocenters. The maximum atomic E-state index is 15.1. The van der Waals surface area contributed by atoms with E-state index < -0.39 is 7.14 Å². The first-order valence-electron chi connectivity index (χ1n) is 11.4. The summed E-state index contributed by atoms with van der Waals surface area (Å²) in [7, 11) is -2.47. The SMILES string of the molecule is Cc1cccc(C)c1-c1ccccc1P(=O)(C1CCCCC1)C1CCCCC1. The van der Waals surface area contributed by atoms with Gasteiger partial charge in [0.2, 0.25) is 0 Å². The van der Waals surface area contributed by atoms with Gasteiger partial charge in [0.05, 0.1) is 0 Å². The van der Waals surface area contributed by atoms with Gasteiger partial charge in [-0.1, -0.05) is 81.0 Å². The zero-order valence-electron chi connectivity index (χ0n) is 17.6. The third-order valence-corrected chi connectivity index (χ3v) is 11.6. The van der Waals surface area contributed by atoms with Crippen molar-refractivity contribution in [1.29, 1.82) is 0 Å². The summed E-state index contributed by atoms with van der Waals surface area (Å²) in [6, 6.07) is 15.3. The lowest BCUT2D eigenvalue weighted by molar-refractivity contribution is 0.453. The molecule has 2 aliphatic carbocycles. The van der Waals surface area contributed by atoms with Crippen LogP contribution in [0.3, 0.4) is 0 Å². The zero-order valence-corrected chi connectivity index (χ0v) is 18.5. The highest BCUT2D eigenvalue weighted by atomic mass is 31.2. The minimum absolute atomic E-state index is 0.398. The second kappa shape index (κ2) is 8.58. The first-order valence-corrected chi connectivity index (χ1v) is 13.2. The second-order valence-electron chi connectivity index (χ2n) is 9.08. The predicted octanol–water partition coefficient (Wildman–Crippen LogP) is 7.62. The van der Waals surface area contributed by atoms with E-state index in [-0.39, 0.29) is 0 Å². The molecule has 0 aromatic heterocycles. The van der Waals surface area contributed by atoms with Gasteiger partial charge in [0.25, 0.3) is 0 Å². The molecular weight excluding hydrogens is 359 g/mol. The Balaban J connectivity index is 1.89. The average molecular weight is 395 g/mol. The molecule has 0 spiro atoms. The van der Waals surface area contributed by atoms with Crippen molar-refractivity contribution < 1.29 is 4.57 Å². The molecule has 2 heteroatoms. The Hall–Kier alpha value is -1.33. The first kappa shape index (κ1) is 20.0. The first-order chi connectivity index (χ1) is 13.6. The fourth-order valence-corrected chi connectivity index (χ4v) is 10.4. The Bertz CT molecular complexity index is 814. The van der Waals surface area contributed by atoms with Crippen LogP contribution in [0.2, 0.25) is 0 Å². The van der Waals surface area contributed by atoms with E-state index in [1.54, 1.807) is 0 Å². The largest absolute Gasteiger partial charge is 0.318 e.